The molecule has 0 aromatic heterocycles. The highest BCUT2D eigenvalue weighted by Crippen LogP contribution is 2.40. The zero-order chi connectivity index (χ0) is 14.9. The molecule has 2 aromatic carbocycles. The van der Waals surface area contributed by atoms with Gasteiger partial charge in [0.2, 0.25) is 0 Å². The highest BCUT2D eigenvalue weighted by atomic mass is 79.9. The molecule has 1 unspecified atom stereocenters. The summed E-state index contributed by atoms with van der Waals surface area (Å²) in [6, 6.07) is 15.3. The SMILES string of the molecule is N#CC1(Cc2cc(F)ccc2Br)CCCc2ccccc21. The number of rotatable bonds is 2. The Kier molecular flexibility index (Phi) is 3.82. The Morgan fingerprint density at radius 3 is 2.86 bits per heavy atom. The van der Waals surface area contributed by atoms with Gasteiger partial charge < -0.3 is 0 Å². The maximum Gasteiger partial charge on any atom is 0.123 e. The fourth-order valence-electron chi connectivity index (χ4n) is 3.26. The fraction of sp³-hybridized carbons (Fsp3) is 0.278. The topological polar surface area (TPSA) is 23.8 Å². The molecule has 1 atom stereocenters. The van der Waals surface area contributed by atoms with E-state index in [2.05, 4.69) is 28.1 Å². The van der Waals surface area contributed by atoms with Crippen LogP contribution >= 0.6 is 15.9 Å². The van der Waals surface area contributed by atoms with Crippen molar-refractivity contribution in [3.8, 4) is 6.07 Å². The van der Waals surface area contributed by atoms with Crippen molar-refractivity contribution >= 4 is 15.9 Å². The number of nitriles is 1. The summed E-state index contributed by atoms with van der Waals surface area (Å²) in [5.41, 5.74) is 2.66. The van der Waals surface area contributed by atoms with Crippen LogP contribution in [0, 0.1) is 17.1 Å². The molecular formula is C18H15BrFN. The molecule has 21 heavy (non-hydrogen) atoms. The van der Waals surface area contributed by atoms with Gasteiger partial charge in [0.15, 0.2) is 0 Å². The maximum atomic E-state index is 13.5. The fourth-order valence-corrected chi connectivity index (χ4v) is 3.65. The first kappa shape index (κ1) is 14.3. The minimum Gasteiger partial charge on any atom is -0.207 e. The van der Waals surface area contributed by atoms with Crippen molar-refractivity contribution in [2.24, 2.45) is 0 Å². The molecule has 0 saturated carbocycles. The van der Waals surface area contributed by atoms with Crippen LogP contribution in [0.5, 0.6) is 0 Å². The summed E-state index contributed by atoms with van der Waals surface area (Å²) in [7, 11) is 0. The van der Waals surface area contributed by atoms with Gasteiger partial charge in [-0.25, -0.2) is 4.39 Å². The van der Waals surface area contributed by atoms with Crippen molar-refractivity contribution < 1.29 is 4.39 Å². The molecule has 0 saturated heterocycles. The number of aryl methyl sites for hydroxylation is 1. The van der Waals surface area contributed by atoms with E-state index in [0.29, 0.717) is 6.42 Å². The first-order valence-corrected chi connectivity index (χ1v) is 7.87. The largest absolute Gasteiger partial charge is 0.207 e. The van der Waals surface area contributed by atoms with Gasteiger partial charge in [0.05, 0.1) is 11.5 Å². The minimum atomic E-state index is -0.550. The Balaban J connectivity index is 2.07. The van der Waals surface area contributed by atoms with Gasteiger partial charge in [-0.1, -0.05) is 40.2 Å². The van der Waals surface area contributed by atoms with Crippen molar-refractivity contribution in [2.45, 2.75) is 31.1 Å². The van der Waals surface area contributed by atoms with Crippen molar-refractivity contribution in [2.75, 3.05) is 0 Å². The first-order chi connectivity index (χ1) is 10.1. The van der Waals surface area contributed by atoms with E-state index < -0.39 is 5.41 Å². The molecule has 0 radical (unpaired) electrons. The van der Waals surface area contributed by atoms with Crippen LogP contribution in [0.25, 0.3) is 0 Å². The summed E-state index contributed by atoms with van der Waals surface area (Å²) in [4.78, 5) is 0. The minimum absolute atomic E-state index is 0.259. The van der Waals surface area contributed by atoms with E-state index in [0.717, 1.165) is 34.9 Å². The first-order valence-electron chi connectivity index (χ1n) is 7.08. The molecule has 0 aliphatic heterocycles. The number of benzene rings is 2. The average Bonchev–Trinajstić information content (AvgIpc) is 2.51. The Morgan fingerprint density at radius 1 is 1.24 bits per heavy atom. The van der Waals surface area contributed by atoms with Gasteiger partial charge in [0, 0.05) is 4.47 Å². The predicted octanol–water partition coefficient (Wildman–Crippen LogP) is 4.93. The molecule has 2 aromatic rings. The molecular weight excluding hydrogens is 329 g/mol. The van der Waals surface area contributed by atoms with Gasteiger partial charge in [-0.15, -0.1) is 0 Å². The van der Waals surface area contributed by atoms with E-state index in [9.17, 15) is 9.65 Å². The number of hydrogen-bond donors (Lipinski definition) is 0. The lowest BCUT2D eigenvalue weighted by Crippen LogP contribution is -2.32. The summed E-state index contributed by atoms with van der Waals surface area (Å²) in [6.45, 7) is 0. The maximum absolute atomic E-state index is 13.5. The second-order valence-corrected chi connectivity index (χ2v) is 6.47. The third-order valence-electron chi connectivity index (χ3n) is 4.30. The van der Waals surface area contributed by atoms with Crippen LogP contribution in [0.1, 0.15) is 29.5 Å². The molecule has 0 amide bonds. The zero-order valence-electron chi connectivity index (χ0n) is 11.6. The predicted molar refractivity (Wildman–Crippen MR) is 84.5 cm³/mol. The van der Waals surface area contributed by atoms with Crippen molar-refractivity contribution in [3.05, 3.63) is 69.4 Å². The number of fused-ring (bicyclic) bond motifs is 1. The van der Waals surface area contributed by atoms with Gasteiger partial charge in [-0.3, -0.25) is 0 Å². The van der Waals surface area contributed by atoms with E-state index in [4.69, 9.17) is 0 Å². The van der Waals surface area contributed by atoms with E-state index in [1.807, 2.05) is 18.2 Å². The highest BCUT2D eigenvalue weighted by Gasteiger charge is 2.37. The smallest absolute Gasteiger partial charge is 0.123 e. The Morgan fingerprint density at radius 2 is 2.05 bits per heavy atom. The normalized spacial score (nSPS) is 20.6. The van der Waals surface area contributed by atoms with Crippen molar-refractivity contribution in [1.29, 1.82) is 5.26 Å². The monoisotopic (exact) mass is 343 g/mol. The Hall–Kier alpha value is -1.66. The summed E-state index contributed by atoms with van der Waals surface area (Å²) >= 11 is 3.47. The summed E-state index contributed by atoms with van der Waals surface area (Å²) < 4.78 is 14.4. The van der Waals surface area contributed by atoms with Crippen LogP contribution < -0.4 is 0 Å². The lowest BCUT2D eigenvalue weighted by Gasteiger charge is -2.33. The Bertz CT molecular complexity index is 719. The van der Waals surface area contributed by atoms with Crippen LogP contribution in [-0.4, -0.2) is 0 Å². The zero-order valence-corrected chi connectivity index (χ0v) is 13.2. The molecule has 1 nitrogen and oxygen atoms in total. The third kappa shape index (κ3) is 2.61. The number of halogens is 2. The van der Waals surface area contributed by atoms with Crippen LogP contribution in [0.15, 0.2) is 46.9 Å². The molecule has 0 fully saturated rings. The van der Waals surface area contributed by atoms with E-state index in [-0.39, 0.29) is 5.82 Å². The van der Waals surface area contributed by atoms with E-state index in [1.165, 1.54) is 17.7 Å². The van der Waals surface area contributed by atoms with Gasteiger partial charge in [-0.2, -0.15) is 5.26 Å². The van der Waals surface area contributed by atoms with Gasteiger partial charge >= 0.3 is 0 Å². The number of nitrogens with zero attached hydrogens (tertiary/aromatic N) is 1. The van der Waals surface area contributed by atoms with Crippen LogP contribution in [0.3, 0.4) is 0 Å². The third-order valence-corrected chi connectivity index (χ3v) is 5.07. The molecule has 0 spiro atoms. The lowest BCUT2D eigenvalue weighted by atomic mass is 9.68. The van der Waals surface area contributed by atoms with Crippen LogP contribution in [0.2, 0.25) is 0 Å². The summed E-state index contributed by atoms with van der Waals surface area (Å²) in [5, 5.41) is 9.85. The molecule has 1 aliphatic rings. The second kappa shape index (κ2) is 5.61. The molecule has 0 bridgehead atoms. The van der Waals surface area contributed by atoms with Crippen LogP contribution in [0.4, 0.5) is 4.39 Å². The molecule has 1 aliphatic carbocycles. The molecule has 3 heteroatoms. The second-order valence-electron chi connectivity index (χ2n) is 5.62. The average molecular weight is 344 g/mol. The molecule has 106 valence electrons. The van der Waals surface area contributed by atoms with E-state index >= 15 is 0 Å². The quantitative estimate of drug-likeness (QED) is 0.758. The molecule has 0 N–H and O–H groups in total. The summed E-state index contributed by atoms with van der Waals surface area (Å²) in [6.07, 6.45) is 3.38. The summed E-state index contributed by atoms with van der Waals surface area (Å²) in [5.74, 6) is -0.259. The highest BCUT2D eigenvalue weighted by molar-refractivity contribution is 9.10. The molecule has 0 heterocycles. The van der Waals surface area contributed by atoms with Crippen molar-refractivity contribution in [1.82, 2.24) is 0 Å². The van der Waals surface area contributed by atoms with E-state index in [1.54, 1.807) is 6.07 Å². The lowest BCUT2D eigenvalue weighted by molar-refractivity contribution is 0.448. The number of hydrogen-bond acceptors (Lipinski definition) is 1. The van der Waals surface area contributed by atoms with Crippen molar-refractivity contribution in [3.63, 3.8) is 0 Å². The Labute approximate surface area is 132 Å². The van der Waals surface area contributed by atoms with Gasteiger partial charge in [0.1, 0.15) is 5.82 Å². The van der Waals surface area contributed by atoms with Crippen LogP contribution in [-0.2, 0) is 18.3 Å². The van der Waals surface area contributed by atoms with Gasteiger partial charge in [0.25, 0.3) is 0 Å². The van der Waals surface area contributed by atoms with Gasteiger partial charge in [-0.05, 0) is 60.6 Å². The standard InChI is InChI=1S/C18H15BrFN/c19-17-8-7-15(20)10-14(17)11-18(12-21)9-3-5-13-4-1-2-6-16(13)18/h1-2,4,6-8,10H,3,5,9,11H2. The molecule has 3 rings (SSSR count).